The number of carboxylic acid groups (broad SMARTS) is 1. The number of nitrogens with two attached hydrogens (primary N) is 1. The smallest absolute Gasteiger partial charge is 0.472 e. The third-order valence-corrected chi connectivity index (χ3v) is 9.79. The number of carbonyl (C=O) groups is 3. The lowest BCUT2D eigenvalue weighted by atomic mass is 10.0. The fourth-order valence-corrected chi connectivity index (χ4v) is 6.43. The molecule has 3 atom stereocenters. The molecule has 0 saturated heterocycles. The van der Waals surface area contributed by atoms with Crippen molar-refractivity contribution in [2.45, 2.75) is 206 Å². The Hall–Kier alpha value is -1.52. The van der Waals surface area contributed by atoms with Gasteiger partial charge >= 0.3 is 19.8 Å². The van der Waals surface area contributed by atoms with Crippen LogP contribution in [0, 0.1) is 0 Å². The number of esters is 2. The fraction of sp³-hybridized carbons (Fsp3) is 0.921. The standard InChI is InChI=1S/C38H74NO10P/c1-3-5-7-9-11-13-15-17-19-21-23-25-27-29-36(40)46-31-34(32-47-50(44,45)48-33-35(39)38(42)43)49-37(41)30-28-26-24-22-20-18-16-14-12-10-8-6-4-2/h34-35H,3-33,39H2,1-2H3,(H,42,43)(H,44,45)/p-1/t34?,35-/m0/s1. The summed E-state index contributed by atoms with van der Waals surface area (Å²) in [6.45, 7) is 2.71. The average Bonchev–Trinajstić information content (AvgIpc) is 3.09. The molecule has 0 radical (unpaired) electrons. The maximum absolute atomic E-state index is 12.6. The molecule has 296 valence electrons. The van der Waals surface area contributed by atoms with Crippen molar-refractivity contribution in [2.24, 2.45) is 5.73 Å². The second-order valence-electron chi connectivity index (χ2n) is 13.8. The SMILES string of the molecule is CCCCCCCCCCCCCCCC(=O)OCC(COP(=O)(O)OC[C@H](N)C(=O)[O-])OC(=O)CCCCCCCCCCCCCCC. The minimum absolute atomic E-state index is 0.162. The molecule has 0 spiro atoms. The molecule has 50 heavy (non-hydrogen) atoms. The van der Waals surface area contributed by atoms with E-state index in [1.54, 1.807) is 0 Å². The number of phosphoric ester groups is 1. The molecule has 0 aromatic carbocycles. The van der Waals surface area contributed by atoms with Crippen molar-refractivity contribution in [3.05, 3.63) is 0 Å². The Morgan fingerprint density at radius 1 is 0.560 bits per heavy atom. The van der Waals surface area contributed by atoms with Crippen molar-refractivity contribution in [1.29, 1.82) is 0 Å². The third-order valence-electron chi connectivity index (χ3n) is 8.84. The van der Waals surface area contributed by atoms with Crippen molar-refractivity contribution >= 4 is 25.7 Å². The van der Waals surface area contributed by atoms with Crippen molar-refractivity contribution in [3.63, 3.8) is 0 Å². The summed E-state index contributed by atoms with van der Waals surface area (Å²) in [5.41, 5.74) is 5.26. The number of unbranched alkanes of at least 4 members (excludes halogenated alkanes) is 24. The first-order valence-electron chi connectivity index (χ1n) is 20.0. The van der Waals surface area contributed by atoms with Crippen LogP contribution in [0.1, 0.15) is 194 Å². The van der Waals surface area contributed by atoms with Gasteiger partial charge in [0, 0.05) is 12.8 Å². The molecule has 2 unspecified atom stereocenters. The van der Waals surface area contributed by atoms with Gasteiger partial charge in [-0.3, -0.25) is 18.6 Å². The maximum atomic E-state index is 12.6. The summed E-state index contributed by atoms with van der Waals surface area (Å²) in [6, 6.07) is -1.63. The summed E-state index contributed by atoms with van der Waals surface area (Å²) in [5, 5.41) is 10.8. The normalized spacial score (nSPS) is 13.8. The lowest BCUT2D eigenvalue weighted by Crippen LogP contribution is -2.44. The van der Waals surface area contributed by atoms with E-state index in [0.717, 1.165) is 38.5 Å². The molecule has 0 amide bonds. The van der Waals surface area contributed by atoms with Gasteiger partial charge in [0.05, 0.1) is 25.2 Å². The molecule has 0 heterocycles. The summed E-state index contributed by atoms with van der Waals surface area (Å²) in [7, 11) is -4.73. The highest BCUT2D eigenvalue weighted by Gasteiger charge is 2.27. The minimum atomic E-state index is -4.73. The minimum Gasteiger partial charge on any atom is -0.548 e. The van der Waals surface area contributed by atoms with Crippen molar-refractivity contribution in [1.82, 2.24) is 0 Å². The summed E-state index contributed by atoms with van der Waals surface area (Å²) in [6.07, 6.45) is 30.1. The first-order chi connectivity index (χ1) is 24.1. The van der Waals surface area contributed by atoms with Gasteiger partial charge in [-0.1, -0.05) is 168 Å². The Balaban J connectivity index is 4.38. The second-order valence-corrected chi connectivity index (χ2v) is 15.2. The number of rotatable bonds is 38. The molecule has 0 aromatic rings. The Labute approximate surface area is 304 Å². The Morgan fingerprint density at radius 2 is 0.900 bits per heavy atom. The van der Waals surface area contributed by atoms with Crippen molar-refractivity contribution in [3.8, 4) is 0 Å². The zero-order valence-electron chi connectivity index (χ0n) is 31.7. The molecule has 0 bridgehead atoms. The first-order valence-corrected chi connectivity index (χ1v) is 21.5. The van der Waals surface area contributed by atoms with E-state index in [-0.39, 0.29) is 19.4 Å². The van der Waals surface area contributed by atoms with Crippen LogP contribution in [0.25, 0.3) is 0 Å². The topological polar surface area (TPSA) is 175 Å². The molecular weight excluding hydrogens is 661 g/mol. The zero-order chi connectivity index (χ0) is 37.1. The number of hydrogen-bond acceptors (Lipinski definition) is 10. The van der Waals surface area contributed by atoms with Crippen LogP contribution in [0.15, 0.2) is 0 Å². The average molecular weight is 735 g/mol. The highest BCUT2D eigenvalue weighted by atomic mass is 31.2. The number of carboxylic acids is 1. The van der Waals surface area contributed by atoms with E-state index in [0.29, 0.717) is 12.8 Å². The third kappa shape index (κ3) is 33.6. The van der Waals surface area contributed by atoms with Crippen LogP contribution < -0.4 is 10.8 Å². The molecule has 12 heteroatoms. The van der Waals surface area contributed by atoms with Crippen LogP contribution in [0.5, 0.6) is 0 Å². The summed E-state index contributed by atoms with van der Waals surface area (Å²) >= 11 is 0. The van der Waals surface area contributed by atoms with E-state index >= 15 is 0 Å². The van der Waals surface area contributed by atoms with Crippen molar-refractivity contribution < 1.29 is 47.5 Å². The molecule has 0 saturated carbocycles. The van der Waals surface area contributed by atoms with Crippen LogP contribution in [0.2, 0.25) is 0 Å². The summed E-state index contributed by atoms with van der Waals surface area (Å²) < 4.78 is 32.5. The van der Waals surface area contributed by atoms with Gasteiger partial charge in [-0.2, -0.15) is 0 Å². The highest BCUT2D eigenvalue weighted by Crippen LogP contribution is 2.43. The van der Waals surface area contributed by atoms with Crippen LogP contribution in [0.3, 0.4) is 0 Å². The Morgan fingerprint density at radius 3 is 1.28 bits per heavy atom. The molecule has 0 aliphatic carbocycles. The number of phosphoric acid groups is 1. The largest absolute Gasteiger partial charge is 0.548 e. The van der Waals surface area contributed by atoms with Gasteiger partial charge in [-0.15, -0.1) is 0 Å². The molecule has 0 aliphatic heterocycles. The van der Waals surface area contributed by atoms with E-state index < -0.39 is 51.1 Å². The quantitative estimate of drug-likeness (QED) is 0.0353. The first kappa shape index (κ1) is 48.5. The predicted octanol–water partition coefficient (Wildman–Crippen LogP) is 8.61. The second kappa shape index (κ2) is 34.6. The van der Waals surface area contributed by atoms with Gasteiger partial charge in [0.1, 0.15) is 6.61 Å². The van der Waals surface area contributed by atoms with Crippen LogP contribution in [0.4, 0.5) is 0 Å². The molecule has 0 aliphatic rings. The lowest BCUT2D eigenvalue weighted by Gasteiger charge is -2.21. The van der Waals surface area contributed by atoms with Gasteiger partial charge < -0.3 is 30.0 Å². The summed E-state index contributed by atoms with van der Waals surface area (Å²) in [4.78, 5) is 45.6. The monoisotopic (exact) mass is 734 g/mol. The van der Waals surface area contributed by atoms with Gasteiger partial charge in [-0.05, 0) is 12.8 Å². The lowest BCUT2D eigenvalue weighted by molar-refractivity contribution is -0.308. The Bertz CT molecular complexity index is 875. The van der Waals surface area contributed by atoms with E-state index in [2.05, 4.69) is 18.4 Å². The summed E-state index contributed by atoms with van der Waals surface area (Å²) in [5.74, 6) is -2.63. The maximum Gasteiger partial charge on any atom is 0.472 e. The molecule has 0 rings (SSSR count). The van der Waals surface area contributed by atoms with Gasteiger partial charge in [0.2, 0.25) is 0 Å². The molecule has 3 N–H and O–H groups in total. The molecular formula is C38H73NO10P-. The number of ether oxygens (including phenoxy) is 2. The zero-order valence-corrected chi connectivity index (χ0v) is 32.6. The van der Waals surface area contributed by atoms with Gasteiger partial charge in [0.25, 0.3) is 0 Å². The molecule has 11 nitrogen and oxygen atoms in total. The molecule has 0 aromatic heterocycles. The highest BCUT2D eigenvalue weighted by molar-refractivity contribution is 7.47. The number of hydrogen-bond donors (Lipinski definition) is 2. The van der Waals surface area contributed by atoms with Crippen LogP contribution >= 0.6 is 7.82 Å². The van der Waals surface area contributed by atoms with Gasteiger partial charge in [-0.25, -0.2) is 4.57 Å². The van der Waals surface area contributed by atoms with Gasteiger partial charge in [0.15, 0.2) is 6.10 Å². The van der Waals surface area contributed by atoms with E-state index in [9.17, 15) is 28.9 Å². The van der Waals surface area contributed by atoms with E-state index in [4.69, 9.17) is 19.7 Å². The van der Waals surface area contributed by atoms with Crippen molar-refractivity contribution in [2.75, 3.05) is 19.8 Å². The van der Waals surface area contributed by atoms with E-state index in [1.807, 2.05) is 0 Å². The molecule has 0 fully saturated rings. The van der Waals surface area contributed by atoms with Crippen LogP contribution in [-0.2, 0) is 37.5 Å². The van der Waals surface area contributed by atoms with E-state index in [1.165, 1.54) is 116 Å². The fourth-order valence-electron chi connectivity index (χ4n) is 5.65. The Kier molecular flexibility index (Phi) is 33.5. The number of carbonyl (C=O) groups excluding carboxylic acids is 3. The number of aliphatic carboxylic acids is 1. The predicted molar refractivity (Wildman–Crippen MR) is 196 cm³/mol. The van der Waals surface area contributed by atoms with Crippen LogP contribution in [-0.4, -0.2) is 54.8 Å².